The van der Waals surface area contributed by atoms with Crippen LogP contribution in [0.2, 0.25) is 0 Å². The highest BCUT2D eigenvalue weighted by atomic mass is 19.3. The summed E-state index contributed by atoms with van der Waals surface area (Å²) >= 11 is 0. The molecular formula is C22H26F3N3O2. The second kappa shape index (κ2) is 9.82. The first kappa shape index (κ1) is 21.9. The Kier molecular flexibility index (Phi) is 7.18. The highest BCUT2D eigenvalue weighted by Gasteiger charge is 2.28. The summed E-state index contributed by atoms with van der Waals surface area (Å²) < 4.78 is 50.0. The minimum atomic E-state index is -2.71. The van der Waals surface area contributed by atoms with Gasteiger partial charge in [0.05, 0.1) is 6.54 Å². The number of nitrogens with zero attached hydrogens (tertiary/aromatic N) is 3. The fourth-order valence-electron chi connectivity index (χ4n) is 3.53. The number of aromatic nitrogens is 2. The zero-order valence-electron chi connectivity index (χ0n) is 17.2. The first-order valence-electron chi connectivity index (χ1n) is 9.91. The summed E-state index contributed by atoms with van der Waals surface area (Å²) in [6, 6.07) is 7.97. The van der Waals surface area contributed by atoms with Crippen molar-refractivity contribution in [3.05, 3.63) is 54.1 Å². The Balaban J connectivity index is 1.59. The van der Waals surface area contributed by atoms with Gasteiger partial charge in [0, 0.05) is 13.0 Å². The Hall–Kier alpha value is -2.77. The van der Waals surface area contributed by atoms with E-state index in [9.17, 15) is 13.2 Å². The molecule has 3 rings (SSSR count). The third kappa shape index (κ3) is 5.64. The zero-order valence-corrected chi connectivity index (χ0v) is 17.2. The van der Waals surface area contributed by atoms with E-state index in [0.29, 0.717) is 25.4 Å². The highest BCUT2D eigenvalue weighted by molar-refractivity contribution is 5.44. The van der Waals surface area contributed by atoms with Crippen LogP contribution in [0.5, 0.6) is 11.6 Å². The van der Waals surface area contributed by atoms with Gasteiger partial charge in [-0.15, -0.1) is 6.58 Å². The molecule has 1 saturated heterocycles. The molecule has 0 spiro atoms. The van der Waals surface area contributed by atoms with Crippen LogP contribution in [0.4, 0.5) is 19.0 Å². The van der Waals surface area contributed by atoms with Gasteiger partial charge in [-0.2, -0.15) is 9.37 Å². The maximum absolute atomic E-state index is 14.6. The van der Waals surface area contributed by atoms with Crippen LogP contribution in [0.15, 0.2) is 42.7 Å². The van der Waals surface area contributed by atoms with Gasteiger partial charge in [0.1, 0.15) is 18.2 Å². The van der Waals surface area contributed by atoms with Gasteiger partial charge in [-0.05, 0) is 37.0 Å². The maximum Gasteiger partial charge on any atom is 0.272 e. The highest BCUT2D eigenvalue weighted by Crippen LogP contribution is 2.29. The SMILES string of the molecule is C=C(C)C[C@@H](C)c1ccc(OC2CCN(c3ncnc(OCC(F)F)c3F)C2)cc1. The first-order chi connectivity index (χ1) is 14.3. The van der Waals surface area contributed by atoms with Gasteiger partial charge in [0.15, 0.2) is 12.4 Å². The van der Waals surface area contributed by atoms with E-state index in [1.54, 1.807) is 4.90 Å². The van der Waals surface area contributed by atoms with Gasteiger partial charge in [0.2, 0.25) is 5.82 Å². The Morgan fingerprint density at radius 3 is 2.67 bits per heavy atom. The second-order valence-electron chi connectivity index (χ2n) is 7.62. The van der Waals surface area contributed by atoms with Crippen molar-refractivity contribution in [3.63, 3.8) is 0 Å². The molecular weight excluding hydrogens is 395 g/mol. The van der Waals surface area contributed by atoms with E-state index in [0.717, 1.165) is 24.1 Å². The van der Waals surface area contributed by atoms with Crippen molar-refractivity contribution in [1.29, 1.82) is 0 Å². The molecule has 0 saturated carbocycles. The van der Waals surface area contributed by atoms with Crippen LogP contribution < -0.4 is 14.4 Å². The Labute approximate surface area is 174 Å². The predicted octanol–water partition coefficient (Wildman–Crippen LogP) is 4.99. The number of halogens is 3. The van der Waals surface area contributed by atoms with Crippen LogP contribution in [0.1, 0.15) is 38.2 Å². The lowest BCUT2D eigenvalue weighted by atomic mass is 9.95. The normalized spacial score (nSPS) is 17.3. The molecule has 2 atom stereocenters. The number of alkyl halides is 2. The Bertz CT molecular complexity index is 861. The lowest BCUT2D eigenvalue weighted by molar-refractivity contribution is 0.0773. The van der Waals surface area contributed by atoms with Gasteiger partial charge in [0.25, 0.3) is 12.3 Å². The average Bonchev–Trinajstić information content (AvgIpc) is 3.15. The molecule has 0 aliphatic carbocycles. The maximum atomic E-state index is 14.6. The second-order valence-corrected chi connectivity index (χ2v) is 7.62. The fraction of sp³-hybridized carbons (Fsp3) is 0.455. The van der Waals surface area contributed by atoms with E-state index < -0.39 is 24.7 Å². The molecule has 0 bridgehead atoms. The van der Waals surface area contributed by atoms with E-state index in [1.807, 2.05) is 31.2 Å². The smallest absolute Gasteiger partial charge is 0.272 e. The predicted molar refractivity (Wildman–Crippen MR) is 109 cm³/mol. The number of hydrogen-bond acceptors (Lipinski definition) is 5. The van der Waals surface area contributed by atoms with Gasteiger partial charge in [-0.25, -0.2) is 13.8 Å². The van der Waals surface area contributed by atoms with Crippen LogP contribution in [0, 0.1) is 5.82 Å². The van der Waals surface area contributed by atoms with Gasteiger partial charge < -0.3 is 14.4 Å². The summed E-state index contributed by atoms with van der Waals surface area (Å²) in [7, 11) is 0. The quantitative estimate of drug-likeness (QED) is 0.534. The molecule has 1 aromatic carbocycles. The van der Waals surface area contributed by atoms with Gasteiger partial charge >= 0.3 is 0 Å². The summed E-state index contributed by atoms with van der Waals surface area (Å²) in [5.41, 5.74) is 2.37. The molecule has 1 aliphatic heterocycles. The number of allylic oxidation sites excluding steroid dienone is 1. The molecule has 1 aliphatic rings. The standard InChI is InChI=1S/C22H26F3N3O2/c1-14(2)10-15(3)16-4-6-17(7-5-16)30-18-8-9-28(11-18)21-20(25)22(27-13-26-21)29-12-19(23)24/h4-7,13,15,18-19H,1,8-12H2,2-3H3/t15-,18?/m1/s1. The van der Waals surface area contributed by atoms with Crippen LogP contribution >= 0.6 is 0 Å². The minimum Gasteiger partial charge on any atom is -0.489 e. The summed E-state index contributed by atoms with van der Waals surface area (Å²) in [6.07, 6.45) is -0.111. The molecule has 2 aromatic rings. The summed E-state index contributed by atoms with van der Waals surface area (Å²) in [4.78, 5) is 9.27. The molecule has 30 heavy (non-hydrogen) atoms. The van der Waals surface area contributed by atoms with Crippen molar-refractivity contribution in [1.82, 2.24) is 9.97 Å². The van der Waals surface area contributed by atoms with Crippen molar-refractivity contribution >= 4 is 5.82 Å². The molecule has 8 heteroatoms. The number of ether oxygens (including phenoxy) is 2. The van der Waals surface area contributed by atoms with Gasteiger partial charge in [-0.3, -0.25) is 0 Å². The number of rotatable bonds is 9. The van der Waals surface area contributed by atoms with Crippen molar-refractivity contribution < 1.29 is 22.6 Å². The van der Waals surface area contributed by atoms with Crippen LogP contribution in [0.25, 0.3) is 0 Å². The molecule has 0 amide bonds. The van der Waals surface area contributed by atoms with Crippen molar-refractivity contribution in [2.24, 2.45) is 0 Å². The molecule has 1 unspecified atom stereocenters. The molecule has 162 valence electrons. The van der Waals surface area contributed by atoms with E-state index in [-0.39, 0.29) is 11.9 Å². The topological polar surface area (TPSA) is 47.5 Å². The Morgan fingerprint density at radius 1 is 1.27 bits per heavy atom. The molecule has 2 heterocycles. The first-order valence-corrected chi connectivity index (χ1v) is 9.91. The summed E-state index contributed by atoms with van der Waals surface area (Å²) in [5, 5.41) is 0. The molecule has 5 nitrogen and oxygen atoms in total. The van der Waals surface area contributed by atoms with Crippen LogP contribution in [-0.2, 0) is 0 Å². The number of anilines is 1. The number of hydrogen-bond donors (Lipinski definition) is 0. The molecule has 1 fully saturated rings. The lowest BCUT2D eigenvalue weighted by Crippen LogP contribution is -2.26. The van der Waals surface area contributed by atoms with E-state index in [2.05, 4.69) is 23.5 Å². The summed E-state index contributed by atoms with van der Waals surface area (Å²) in [6.45, 7) is 8.18. The zero-order chi connectivity index (χ0) is 21.7. The molecule has 1 aromatic heterocycles. The monoisotopic (exact) mass is 421 g/mol. The van der Waals surface area contributed by atoms with Crippen molar-refractivity contribution in [2.45, 2.75) is 45.1 Å². The van der Waals surface area contributed by atoms with Crippen molar-refractivity contribution in [2.75, 3.05) is 24.6 Å². The summed E-state index contributed by atoms with van der Waals surface area (Å²) in [5.74, 6) is -0.138. The van der Waals surface area contributed by atoms with E-state index in [4.69, 9.17) is 9.47 Å². The minimum absolute atomic E-state index is 0.0318. The molecule has 0 radical (unpaired) electrons. The average molecular weight is 421 g/mol. The third-order valence-electron chi connectivity index (χ3n) is 4.94. The third-order valence-corrected chi connectivity index (χ3v) is 4.94. The van der Waals surface area contributed by atoms with Crippen LogP contribution in [0.3, 0.4) is 0 Å². The van der Waals surface area contributed by atoms with Gasteiger partial charge in [-0.1, -0.05) is 24.6 Å². The largest absolute Gasteiger partial charge is 0.489 e. The lowest BCUT2D eigenvalue weighted by Gasteiger charge is -2.19. The Morgan fingerprint density at radius 2 is 2.00 bits per heavy atom. The van der Waals surface area contributed by atoms with E-state index >= 15 is 0 Å². The molecule has 0 N–H and O–H groups in total. The fourth-order valence-corrected chi connectivity index (χ4v) is 3.53. The van der Waals surface area contributed by atoms with E-state index in [1.165, 1.54) is 5.56 Å². The van der Waals surface area contributed by atoms with Crippen molar-refractivity contribution in [3.8, 4) is 11.6 Å². The van der Waals surface area contributed by atoms with Crippen LogP contribution in [-0.4, -0.2) is 42.2 Å². The number of benzene rings is 1.